The molecule has 3 aromatic rings. The molecule has 0 saturated heterocycles. The van der Waals surface area contributed by atoms with Crippen molar-refractivity contribution in [2.75, 3.05) is 7.11 Å². The Hall–Kier alpha value is -1.98. The van der Waals surface area contributed by atoms with E-state index < -0.39 is 11.9 Å². The summed E-state index contributed by atoms with van der Waals surface area (Å²) in [4.78, 5) is 0.791. The Bertz CT molecular complexity index is 800. The van der Waals surface area contributed by atoms with Crippen LogP contribution in [0.15, 0.2) is 42.5 Å². The van der Waals surface area contributed by atoms with Gasteiger partial charge in [0.2, 0.25) is 0 Å². The molecule has 0 saturated carbocycles. The van der Waals surface area contributed by atoms with Crippen LogP contribution in [0, 0.1) is 11.6 Å². The molecule has 0 bridgehead atoms. The van der Waals surface area contributed by atoms with E-state index in [4.69, 9.17) is 10.5 Å². The fourth-order valence-corrected chi connectivity index (χ4v) is 3.33. The minimum atomic E-state index is -0.587. The second kappa shape index (κ2) is 5.42. The molecular formula is C16H13F2NOS. The number of methoxy groups -OCH3 is 1. The van der Waals surface area contributed by atoms with E-state index >= 15 is 0 Å². The van der Waals surface area contributed by atoms with Crippen molar-refractivity contribution in [2.45, 2.75) is 6.04 Å². The van der Waals surface area contributed by atoms with Gasteiger partial charge >= 0.3 is 0 Å². The van der Waals surface area contributed by atoms with Crippen LogP contribution in [0.4, 0.5) is 8.78 Å². The maximum atomic E-state index is 14.1. The lowest BCUT2D eigenvalue weighted by atomic mass is 10.0. The van der Waals surface area contributed by atoms with Gasteiger partial charge < -0.3 is 10.5 Å². The van der Waals surface area contributed by atoms with Gasteiger partial charge in [0.25, 0.3) is 0 Å². The molecule has 0 spiro atoms. The molecule has 1 heterocycles. The van der Waals surface area contributed by atoms with Crippen LogP contribution in [0.5, 0.6) is 5.75 Å². The standard InChI is InChI=1S/C16H13F2NOS/c1-20-11-4-5-12(13(18)8-11)16(19)15-6-9-2-3-10(17)7-14(9)21-15/h2-8,16H,19H2,1H3. The zero-order valence-electron chi connectivity index (χ0n) is 11.3. The van der Waals surface area contributed by atoms with Gasteiger partial charge in [-0.25, -0.2) is 8.78 Å². The van der Waals surface area contributed by atoms with E-state index in [1.54, 1.807) is 18.2 Å². The predicted molar refractivity (Wildman–Crippen MR) is 80.8 cm³/mol. The Morgan fingerprint density at radius 1 is 1.10 bits per heavy atom. The van der Waals surface area contributed by atoms with Crippen molar-refractivity contribution >= 4 is 21.4 Å². The number of benzene rings is 2. The van der Waals surface area contributed by atoms with Crippen molar-refractivity contribution in [1.82, 2.24) is 0 Å². The quantitative estimate of drug-likeness (QED) is 0.785. The summed E-state index contributed by atoms with van der Waals surface area (Å²) in [6, 6.07) is 10.4. The van der Waals surface area contributed by atoms with Crippen LogP contribution in [0.25, 0.3) is 10.1 Å². The molecule has 1 atom stereocenters. The van der Waals surface area contributed by atoms with Crippen molar-refractivity contribution in [2.24, 2.45) is 5.73 Å². The number of hydrogen-bond acceptors (Lipinski definition) is 3. The smallest absolute Gasteiger partial charge is 0.132 e. The van der Waals surface area contributed by atoms with E-state index in [0.717, 1.165) is 15.0 Å². The molecule has 1 aromatic heterocycles. The fourth-order valence-electron chi connectivity index (χ4n) is 2.22. The maximum Gasteiger partial charge on any atom is 0.132 e. The van der Waals surface area contributed by atoms with Crippen LogP contribution in [0.2, 0.25) is 0 Å². The molecule has 0 aliphatic carbocycles. The highest BCUT2D eigenvalue weighted by molar-refractivity contribution is 7.19. The number of hydrogen-bond donors (Lipinski definition) is 1. The largest absolute Gasteiger partial charge is 0.497 e. The van der Waals surface area contributed by atoms with E-state index in [2.05, 4.69) is 0 Å². The van der Waals surface area contributed by atoms with Crippen molar-refractivity contribution < 1.29 is 13.5 Å². The minimum Gasteiger partial charge on any atom is -0.497 e. The van der Waals surface area contributed by atoms with Gasteiger partial charge in [-0.05, 0) is 29.7 Å². The van der Waals surface area contributed by atoms with Gasteiger partial charge in [-0.1, -0.05) is 12.1 Å². The highest BCUT2D eigenvalue weighted by atomic mass is 32.1. The van der Waals surface area contributed by atoms with Crippen molar-refractivity contribution in [3.05, 3.63) is 64.5 Å². The van der Waals surface area contributed by atoms with E-state index in [-0.39, 0.29) is 5.82 Å². The molecule has 0 radical (unpaired) electrons. The molecule has 0 fully saturated rings. The second-order valence-electron chi connectivity index (χ2n) is 4.70. The normalized spacial score (nSPS) is 12.6. The minimum absolute atomic E-state index is 0.292. The predicted octanol–water partition coefficient (Wildman–Crippen LogP) is 4.24. The Balaban J connectivity index is 2.01. The van der Waals surface area contributed by atoms with Gasteiger partial charge in [-0.3, -0.25) is 0 Å². The first-order chi connectivity index (χ1) is 10.1. The molecule has 2 N–H and O–H groups in total. The SMILES string of the molecule is COc1ccc(C(N)c2cc3ccc(F)cc3s2)c(F)c1. The average molecular weight is 305 g/mol. The third-order valence-corrected chi connectivity index (χ3v) is 4.53. The van der Waals surface area contributed by atoms with Crippen LogP contribution in [-0.2, 0) is 0 Å². The number of nitrogens with two attached hydrogens (primary N) is 1. The van der Waals surface area contributed by atoms with Gasteiger partial charge in [-0.2, -0.15) is 0 Å². The number of thiophene rings is 1. The van der Waals surface area contributed by atoms with Crippen molar-refractivity contribution in [3.63, 3.8) is 0 Å². The van der Waals surface area contributed by atoms with E-state index in [9.17, 15) is 8.78 Å². The molecule has 0 aliphatic heterocycles. The maximum absolute atomic E-state index is 14.1. The topological polar surface area (TPSA) is 35.2 Å². The second-order valence-corrected chi connectivity index (χ2v) is 5.81. The highest BCUT2D eigenvalue weighted by Crippen LogP contribution is 2.33. The zero-order valence-corrected chi connectivity index (χ0v) is 12.1. The van der Waals surface area contributed by atoms with Crippen LogP contribution >= 0.6 is 11.3 Å². The first kappa shape index (κ1) is 14.0. The number of rotatable bonds is 3. The first-order valence-electron chi connectivity index (χ1n) is 6.36. The average Bonchev–Trinajstić information content (AvgIpc) is 2.89. The highest BCUT2D eigenvalue weighted by Gasteiger charge is 2.17. The van der Waals surface area contributed by atoms with Gasteiger partial charge in [0.15, 0.2) is 0 Å². The summed E-state index contributed by atoms with van der Waals surface area (Å²) in [7, 11) is 1.48. The summed E-state index contributed by atoms with van der Waals surface area (Å²) in [6.45, 7) is 0. The fraction of sp³-hybridized carbons (Fsp3) is 0.125. The zero-order chi connectivity index (χ0) is 15.0. The molecule has 5 heteroatoms. The summed E-state index contributed by atoms with van der Waals surface area (Å²) in [5.41, 5.74) is 6.54. The van der Waals surface area contributed by atoms with Gasteiger partial charge in [0.1, 0.15) is 17.4 Å². The number of ether oxygens (including phenoxy) is 1. The lowest BCUT2D eigenvalue weighted by Gasteiger charge is -2.12. The Morgan fingerprint density at radius 2 is 1.90 bits per heavy atom. The Labute approximate surface area is 124 Å². The lowest BCUT2D eigenvalue weighted by molar-refractivity contribution is 0.410. The van der Waals surface area contributed by atoms with Crippen molar-refractivity contribution in [3.8, 4) is 5.75 Å². The summed E-state index contributed by atoms with van der Waals surface area (Å²) in [5.74, 6) is -0.257. The van der Waals surface area contributed by atoms with E-state index in [1.807, 2.05) is 6.07 Å². The molecule has 0 amide bonds. The summed E-state index contributed by atoms with van der Waals surface area (Å²) in [5, 5.41) is 0.903. The van der Waals surface area contributed by atoms with Crippen LogP contribution in [-0.4, -0.2) is 7.11 Å². The van der Waals surface area contributed by atoms with Crippen LogP contribution in [0.3, 0.4) is 0 Å². The van der Waals surface area contributed by atoms with E-state index in [1.165, 1.54) is 36.6 Å². The lowest BCUT2D eigenvalue weighted by Crippen LogP contribution is -2.12. The van der Waals surface area contributed by atoms with Gasteiger partial charge in [0, 0.05) is 21.2 Å². The molecule has 0 aliphatic rings. The number of fused-ring (bicyclic) bond motifs is 1. The number of halogens is 2. The molecule has 1 unspecified atom stereocenters. The van der Waals surface area contributed by atoms with Gasteiger partial charge in [-0.15, -0.1) is 11.3 Å². The molecule has 2 nitrogen and oxygen atoms in total. The van der Waals surface area contributed by atoms with E-state index in [0.29, 0.717) is 11.3 Å². The molecule has 21 heavy (non-hydrogen) atoms. The van der Waals surface area contributed by atoms with Crippen molar-refractivity contribution in [1.29, 1.82) is 0 Å². The monoisotopic (exact) mass is 305 g/mol. The third kappa shape index (κ3) is 2.62. The Kier molecular flexibility index (Phi) is 3.61. The molecule has 108 valence electrons. The molecule has 3 rings (SSSR count). The Morgan fingerprint density at radius 3 is 2.62 bits per heavy atom. The first-order valence-corrected chi connectivity index (χ1v) is 7.18. The molecule has 2 aromatic carbocycles. The van der Waals surface area contributed by atoms with Crippen LogP contribution in [0.1, 0.15) is 16.5 Å². The summed E-state index contributed by atoms with van der Waals surface area (Å²) >= 11 is 1.37. The van der Waals surface area contributed by atoms with Crippen LogP contribution < -0.4 is 10.5 Å². The third-order valence-electron chi connectivity index (χ3n) is 3.35. The van der Waals surface area contributed by atoms with Gasteiger partial charge in [0.05, 0.1) is 13.2 Å². The molecular weight excluding hydrogens is 292 g/mol. The summed E-state index contributed by atoms with van der Waals surface area (Å²) < 4.78 is 33.1. The summed E-state index contributed by atoms with van der Waals surface area (Å²) in [6.07, 6.45) is 0.